The van der Waals surface area contributed by atoms with Gasteiger partial charge in [0.15, 0.2) is 0 Å². The van der Waals surface area contributed by atoms with Crippen molar-refractivity contribution in [1.82, 2.24) is 37.2 Å². The highest BCUT2D eigenvalue weighted by Crippen LogP contribution is 2.12. The van der Waals surface area contributed by atoms with Gasteiger partial charge in [0.1, 0.15) is 42.3 Å². The highest BCUT2D eigenvalue weighted by Gasteiger charge is 2.36. The molecule has 0 saturated carbocycles. The van der Waals surface area contributed by atoms with Gasteiger partial charge in [0, 0.05) is 25.7 Å². The summed E-state index contributed by atoms with van der Waals surface area (Å²) in [5.41, 5.74) is 6.69. The van der Waals surface area contributed by atoms with E-state index in [9.17, 15) is 78.0 Å². The third kappa shape index (κ3) is 21.8. The van der Waals surface area contributed by atoms with Crippen LogP contribution in [0.4, 0.5) is 0 Å². The SMILES string of the molecule is CC(C)CC(NC(=O)C(Cc1ccccc1)NC(=O)C(Cc1ccccc1)NC(=O)C(CCC(=O)O)NC(=O)C(CC(=O)O)NC(=O)C(CC(=O)O)NC(=O)C(N)CCC(=O)O)C(=O)NC(C)C(=O)O. The number of hydrogen-bond donors (Lipinski definition) is 13. The van der Waals surface area contributed by atoms with Gasteiger partial charge < -0.3 is 68.5 Å². The highest BCUT2D eigenvalue weighted by atomic mass is 16.4. The van der Waals surface area contributed by atoms with E-state index in [2.05, 4.69) is 26.6 Å². The number of amides is 7. The molecule has 2 aromatic carbocycles. The smallest absolute Gasteiger partial charge is 0.325 e. The van der Waals surface area contributed by atoms with Crippen LogP contribution >= 0.6 is 0 Å². The lowest BCUT2D eigenvalue weighted by Gasteiger charge is -2.28. The van der Waals surface area contributed by atoms with Crippen molar-refractivity contribution in [2.75, 3.05) is 0 Å². The fourth-order valence-electron chi connectivity index (χ4n) is 6.55. The Hall–Kier alpha value is -7.96. The molecule has 0 aliphatic heterocycles. The second kappa shape index (κ2) is 29.0. The zero-order chi connectivity index (χ0) is 52.7. The molecule has 0 aliphatic carbocycles. The molecule has 382 valence electrons. The van der Waals surface area contributed by atoms with Crippen LogP contribution in [-0.4, -0.2) is 145 Å². The van der Waals surface area contributed by atoms with E-state index < -0.39 is 158 Å². The number of benzene rings is 2. The topological polar surface area (TPSA) is 416 Å². The number of carbonyl (C=O) groups is 12. The van der Waals surface area contributed by atoms with Crippen molar-refractivity contribution < 1.29 is 83.1 Å². The molecule has 8 atom stereocenters. The van der Waals surface area contributed by atoms with Gasteiger partial charge >= 0.3 is 29.8 Å². The van der Waals surface area contributed by atoms with Crippen molar-refractivity contribution in [2.45, 2.75) is 127 Å². The van der Waals surface area contributed by atoms with E-state index in [1.54, 1.807) is 74.5 Å². The van der Waals surface area contributed by atoms with Crippen LogP contribution in [-0.2, 0) is 70.4 Å². The van der Waals surface area contributed by atoms with Crippen LogP contribution in [0, 0.1) is 5.92 Å². The molecule has 0 fully saturated rings. The molecule has 0 aliphatic rings. The lowest BCUT2D eigenvalue weighted by Crippen LogP contribution is -2.61. The maximum absolute atomic E-state index is 14.3. The molecule has 0 spiro atoms. The Balaban J connectivity index is 2.52. The first kappa shape index (κ1) is 58.2. The summed E-state index contributed by atoms with van der Waals surface area (Å²) in [6.45, 7) is 4.75. The maximum atomic E-state index is 14.3. The summed E-state index contributed by atoms with van der Waals surface area (Å²) in [5, 5.41) is 63.0. The molecule has 8 unspecified atom stereocenters. The van der Waals surface area contributed by atoms with Crippen LogP contribution in [0.15, 0.2) is 60.7 Å². The van der Waals surface area contributed by atoms with Gasteiger partial charge in [-0.1, -0.05) is 74.5 Å². The molecule has 2 rings (SSSR count). The lowest BCUT2D eigenvalue weighted by atomic mass is 10.00. The van der Waals surface area contributed by atoms with Gasteiger partial charge in [-0.3, -0.25) is 57.5 Å². The number of carboxylic acid groups (broad SMARTS) is 5. The first-order valence-corrected chi connectivity index (χ1v) is 21.9. The number of nitrogens with one attached hydrogen (secondary N) is 7. The van der Waals surface area contributed by atoms with E-state index in [1.807, 2.05) is 10.6 Å². The minimum Gasteiger partial charge on any atom is -0.481 e. The van der Waals surface area contributed by atoms with E-state index in [1.165, 1.54) is 6.92 Å². The van der Waals surface area contributed by atoms with Gasteiger partial charge in [0.2, 0.25) is 41.4 Å². The summed E-state index contributed by atoms with van der Waals surface area (Å²) in [6.07, 6.45) is -5.12. The van der Waals surface area contributed by atoms with Gasteiger partial charge in [0.25, 0.3) is 0 Å². The Morgan fingerprint density at radius 1 is 0.429 bits per heavy atom. The standard InChI is InChI=1S/C45H60N8O17/c1-23(2)18-29(40(64)47-24(3)45(69)70)50-41(65)31(20-26-12-8-5-9-13-26)52-42(66)30(19-25-10-6-4-7-11-25)51-39(63)28(15-17-35(56)57)48-43(67)33(22-37(60)61)53-44(68)32(21-36(58)59)49-38(62)27(46)14-16-34(54)55/h4-13,23-24,27-33H,14-22,46H2,1-3H3,(H,47,64)(H,48,67)(H,49,62)(H,50,65)(H,51,63)(H,52,66)(H,53,68)(H,54,55)(H,56,57)(H,58,59)(H,60,61)(H,69,70). The summed E-state index contributed by atoms with van der Waals surface area (Å²) in [7, 11) is 0. The van der Waals surface area contributed by atoms with Crippen LogP contribution in [0.3, 0.4) is 0 Å². The summed E-state index contributed by atoms with van der Waals surface area (Å²) < 4.78 is 0. The monoisotopic (exact) mass is 984 g/mol. The summed E-state index contributed by atoms with van der Waals surface area (Å²) in [4.78, 5) is 153. The zero-order valence-corrected chi connectivity index (χ0v) is 38.5. The van der Waals surface area contributed by atoms with Crippen LogP contribution in [0.2, 0.25) is 0 Å². The quantitative estimate of drug-likeness (QED) is 0.0389. The molecule has 0 aromatic heterocycles. The number of hydrogen-bond acceptors (Lipinski definition) is 13. The molecule has 7 amide bonds. The van der Waals surface area contributed by atoms with Crippen molar-refractivity contribution in [1.29, 1.82) is 0 Å². The van der Waals surface area contributed by atoms with E-state index >= 15 is 0 Å². The van der Waals surface area contributed by atoms with Crippen LogP contribution < -0.4 is 43.0 Å². The summed E-state index contributed by atoms with van der Waals surface area (Å²) >= 11 is 0. The predicted octanol–water partition coefficient (Wildman–Crippen LogP) is -1.98. The second-order valence-electron chi connectivity index (χ2n) is 16.6. The minimum absolute atomic E-state index is 0.0629. The van der Waals surface area contributed by atoms with Gasteiger partial charge in [-0.25, -0.2) is 0 Å². The third-order valence-corrected chi connectivity index (χ3v) is 10.2. The fourth-order valence-corrected chi connectivity index (χ4v) is 6.55. The third-order valence-electron chi connectivity index (χ3n) is 10.2. The van der Waals surface area contributed by atoms with Crippen molar-refractivity contribution in [3.05, 3.63) is 71.8 Å². The van der Waals surface area contributed by atoms with E-state index in [0.717, 1.165) is 0 Å². The number of nitrogens with two attached hydrogens (primary N) is 1. The average molecular weight is 985 g/mol. The first-order valence-electron chi connectivity index (χ1n) is 21.9. The molecule has 0 bridgehead atoms. The molecule has 25 heteroatoms. The van der Waals surface area contributed by atoms with Crippen LogP contribution in [0.1, 0.15) is 76.8 Å². The van der Waals surface area contributed by atoms with E-state index in [0.29, 0.717) is 11.1 Å². The fraction of sp³-hybridized carbons (Fsp3) is 0.467. The van der Waals surface area contributed by atoms with Crippen LogP contribution in [0.5, 0.6) is 0 Å². The Kier molecular flexibility index (Phi) is 24.1. The Morgan fingerprint density at radius 2 is 0.771 bits per heavy atom. The molecule has 0 heterocycles. The van der Waals surface area contributed by atoms with Gasteiger partial charge in [-0.05, 0) is 43.2 Å². The van der Waals surface area contributed by atoms with Gasteiger partial charge in [-0.15, -0.1) is 0 Å². The maximum Gasteiger partial charge on any atom is 0.325 e. The van der Waals surface area contributed by atoms with Crippen molar-refractivity contribution in [2.24, 2.45) is 11.7 Å². The lowest BCUT2D eigenvalue weighted by molar-refractivity contribution is -0.143. The predicted molar refractivity (Wildman–Crippen MR) is 243 cm³/mol. The summed E-state index contributed by atoms with van der Waals surface area (Å²) in [5.74, 6) is -15.4. The van der Waals surface area contributed by atoms with Crippen molar-refractivity contribution in [3.8, 4) is 0 Å². The average Bonchev–Trinajstić information content (AvgIpc) is 3.28. The van der Waals surface area contributed by atoms with Gasteiger partial charge in [0.05, 0.1) is 18.9 Å². The molecular formula is C45H60N8O17. The molecule has 2 aromatic rings. The largest absolute Gasteiger partial charge is 0.481 e. The molecule has 14 N–H and O–H groups in total. The summed E-state index contributed by atoms with van der Waals surface area (Å²) in [6, 6.07) is 3.37. The van der Waals surface area contributed by atoms with Crippen molar-refractivity contribution >= 4 is 71.2 Å². The molecule has 70 heavy (non-hydrogen) atoms. The molecular weight excluding hydrogens is 925 g/mol. The Morgan fingerprint density at radius 3 is 1.17 bits per heavy atom. The Labute approximate surface area is 401 Å². The van der Waals surface area contributed by atoms with E-state index in [4.69, 9.17) is 10.8 Å². The number of carboxylic acids is 5. The zero-order valence-electron chi connectivity index (χ0n) is 38.5. The Bertz CT molecular complexity index is 2190. The molecule has 0 saturated heterocycles. The first-order chi connectivity index (χ1) is 32.9. The van der Waals surface area contributed by atoms with Crippen LogP contribution in [0.25, 0.3) is 0 Å². The minimum atomic E-state index is -2.10. The second-order valence-corrected chi connectivity index (χ2v) is 16.6. The van der Waals surface area contributed by atoms with Crippen molar-refractivity contribution in [3.63, 3.8) is 0 Å². The molecule has 25 nitrogen and oxygen atoms in total. The number of carbonyl (C=O) groups excluding carboxylic acids is 7. The highest BCUT2D eigenvalue weighted by molar-refractivity contribution is 5.99. The normalized spacial score (nSPS) is 14.3. The number of rotatable bonds is 31. The molecule has 0 radical (unpaired) electrons. The van der Waals surface area contributed by atoms with Gasteiger partial charge in [-0.2, -0.15) is 0 Å². The number of aliphatic carboxylic acids is 5. The van der Waals surface area contributed by atoms with E-state index in [-0.39, 0.29) is 25.2 Å².